The number of aromatic nitrogens is 1. The van der Waals surface area contributed by atoms with Crippen molar-refractivity contribution in [1.82, 2.24) is 9.88 Å². The smallest absolute Gasteiger partial charge is 0.256 e. The van der Waals surface area contributed by atoms with Gasteiger partial charge >= 0.3 is 0 Å². The molecule has 2 amide bonds. The average Bonchev–Trinajstić information content (AvgIpc) is 3.22. The highest BCUT2D eigenvalue weighted by Gasteiger charge is 2.19. The van der Waals surface area contributed by atoms with Gasteiger partial charge in [0.1, 0.15) is 0 Å². The van der Waals surface area contributed by atoms with Gasteiger partial charge in [-0.05, 0) is 55.3 Å². The van der Waals surface area contributed by atoms with Crippen molar-refractivity contribution in [3.63, 3.8) is 0 Å². The molecule has 1 N–H and O–H groups in total. The van der Waals surface area contributed by atoms with Crippen molar-refractivity contribution in [2.45, 2.75) is 12.8 Å². The summed E-state index contributed by atoms with van der Waals surface area (Å²) in [5, 5.41) is 3.71. The standard InChI is InChI=1S/C21H19N3O2/c25-20(18-5-3-7-19-17(18)6-4-12-22-19)23-16-10-8-15(9-11-16)21(26)24-13-1-2-14-24/h3-12H,1-2,13-14H2,(H,23,25). The molecule has 0 atom stereocenters. The summed E-state index contributed by atoms with van der Waals surface area (Å²) >= 11 is 0. The largest absolute Gasteiger partial charge is 0.339 e. The molecule has 0 spiro atoms. The maximum atomic E-state index is 12.6. The van der Waals surface area contributed by atoms with Crippen LogP contribution in [0, 0.1) is 0 Å². The maximum absolute atomic E-state index is 12.6. The van der Waals surface area contributed by atoms with E-state index in [0.717, 1.165) is 36.8 Å². The predicted octanol–water partition coefficient (Wildman–Crippen LogP) is 3.72. The van der Waals surface area contributed by atoms with Crippen molar-refractivity contribution in [2.75, 3.05) is 18.4 Å². The zero-order chi connectivity index (χ0) is 17.9. The fourth-order valence-electron chi connectivity index (χ4n) is 3.30. The molecule has 2 heterocycles. The van der Waals surface area contributed by atoms with E-state index in [0.29, 0.717) is 16.8 Å². The van der Waals surface area contributed by atoms with Crippen molar-refractivity contribution in [2.24, 2.45) is 0 Å². The van der Waals surface area contributed by atoms with Gasteiger partial charge in [-0.25, -0.2) is 0 Å². The number of likely N-dealkylation sites (tertiary alicyclic amines) is 1. The lowest BCUT2D eigenvalue weighted by Gasteiger charge is -2.15. The van der Waals surface area contributed by atoms with Crippen LogP contribution in [-0.4, -0.2) is 34.8 Å². The molecule has 5 heteroatoms. The van der Waals surface area contributed by atoms with Gasteiger partial charge in [0.2, 0.25) is 0 Å². The number of amides is 2. The van der Waals surface area contributed by atoms with Gasteiger partial charge in [-0.2, -0.15) is 0 Å². The number of carbonyl (C=O) groups is 2. The molecule has 1 aromatic heterocycles. The van der Waals surface area contributed by atoms with Crippen molar-refractivity contribution in [3.8, 4) is 0 Å². The van der Waals surface area contributed by atoms with Crippen LogP contribution in [0.1, 0.15) is 33.6 Å². The first-order valence-corrected chi connectivity index (χ1v) is 8.77. The Bertz CT molecular complexity index is 955. The average molecular weight is 345 g/mol. The predicted molar refractivity (Wildman–Crippen MR) is 101 cm³/mol. The molecule has 0 aliphatic carbocycles. The number of carbonyl (C=O) groups excluding carboxylic acids is 2. The Balaban J connectivity index is 1.51. The van der Waals surface area contributed by atoms with Crippen LogP contribution in [0.4, 0.5) is 5.69 Å². The molecule has 1 fully saturated rings. The molecule has 0 saturated carbocycles. The number of pyridine rings is 1. The van der Waals surface area contributed by atoms with E-state index in [4.69, 9.17) is 0 Å². The SMILES string of the molecule is O=C(Nc1ccc(C(=O)N2CCCC2)cc1)c1cccc2ncccc12. The van der Waals surface area contributed by atoms with Crippen LogP contribution in [-0.2, 0) is 0 Å². The minimum Gasteiger partial charge on any atom is -0.339 e. The van der Waals surface area contributed by atoms with Crippen LogP contribution in [0.15, 0.2) is 60.8 Å². The second-order valence-electron chi connectivity index (χ2n) is 6.41. The first-order valence-electron chi connectivity index (χ1n) is 8.77. The normalized spacial score (nSPS) is 13.8. The summed E-state index contributed by atoms with van der Waals surface area (Å²) in [7, 11) is 0. The number of hydrogen-bond donors (Lipinski definition) is 1. The van der Waals surface area contributed by atoms with E-state index in [1.54, 1.807) is 36.5 Å². The number of rotatable bonds is 3. The summed E-state index contributed by atoms with van der Waals surface area (Å²) < 4.78 is 0. The third-order valence-corrected chi connectivity index (χ3v) is 4.67. The zero-order valence-electron chi connectivity index (χ0n) is 14.3. The van der Waals surface area contributed by atoms with Gasteiger partial charge < -0.3 is 10.2 Å². The first-order chi connectivity index (χ1) is 12.7. The summed E-state index contributed by atoms with van der Waals surface area (Å²) in [5.41, 5.74) is 2.67. The van der Waals surface area contributed by atoms with Crippen molar-refractivity contribution < 1.29 is 9.59 Å². The van der Waals surface area contributed by atoms with Gasteiger partial charge in [0.05, 0.1) is 5.52 Å². The molecule has 5 nitrogen and oxygen atoms in total. The summed E-state index contributed by atoms with van der Waals surface area (Å²) in [6.45, 7) is 1.65. The number of anilines is 1. The Kier molecular flexibility index (Phi) is 4.35. The number of benzene rings is 2. The van der Waals surface area contributed by atoms with Gasteiger partial charge in [0.25, 0.3) is 11.8 Å². The van der Waals surface area contributed by atoms with E-state index in [-0.39, 0.29) is 11.8 Å². The molecule has 26 heavy (non-hydrogen) atoms. The highest BCUT2D eigenvalue weighted by Crippen LogP contribution is 2.19. The third kappa shape index (κ3) is 3.16. The van der Waals surface area contributed by atoms with Crippen LogP contribution in [0.25, 0.3) is 10.9 Å². The molecule has 3 aromatic rings. The van der Waals surface area contributed by atoms with Gasteiger partial charge in [-0.3, -0.25) is 14.6 Å². The summed E-state index contributed by atoms with van der Waals surface area (Å²) in [6.07, 6.45) is 3.85. The Morgan fingerprint density at radius 3 is 2.46 bits per heavy atom. The molecule has 1 aliphatic rings. The van der Waals surface area contributed by atoms with E-state index in [1.807, 2.05) is 29.2 Å². The maximum Gasteiger partial charge on any atom is 0.256 e. The van der Waals surface area contributed by atoms with E-state index in [1.165, 1.54) is 0 Å². The number of fused-ring (bicyclic) bond motifs is 1. The second kappa shape index (κ2) is 6.96. The number of nitrogens with zero attached hydrogens (tertiary/aromatic N) is 2. The Morgan fingerprint density at radius 1 is 0.923 bits per heavy atom. The Labute approximate surface area is 151 Å². The van der Waals surface area contributed by atoms with E-state index < -0.39 is 0 Å². The molecule has 0 unspecified atom stereocenters. The number of hydrogen-bond acceptors (Lipinski definition) is 3. The van der Waals surface area contributed by atoms with Gasteiger partial charge in [-0.1, -0.05) is 12.1 Å². The molecule has 130 valence electrons. The topological polar surface area (TPSA) is 62.3 Å². The quantitative estimate of drug-likeness (QED) is 0.787. The molecule has 0 bridgehead atoms. The fourth-order valence-corrected chi connectivity index (χ4v) is 3.30. The van der Waals surface area contributed by atoms with Gasteiger partial charge in [0.15, 0.2) is 0 Å². The molecule has 1 saturated heterocycles. The van der Waals surface area contributed by atoms with E-state index in [9.17, 15) is 9.59 Å². The van der Waals surface area contributed by atoms with Crippen molar-refractivity contribution in [1.29, 1.82) is 0 Å². The highest BCUT2D eigenvalue weighted by atomic mass is 16.2. The molecular weight excluding hydrogens is 326 g/mol. The highest BCUT2D eigenvalue weighted by molar-refractivity contribution is 6.12. The zero-order valence-corrected chi connectivity index (χ0v) is 14.3. The van der Waals surface area contributed by atoms with Gasteiger partial charge in [0, 0.05) is 41.5 Å². The lowest BCUT2D eigenvalue weighted by atomic mass is 10.1. The van der Waals surface area contributed by atoms with Crippen LogP contribution in [0.5, 0.6) is 0 Å². The van der Waals surface area contributed by atoms with Crippen LogP contribution in [0.2, 0.25) is 0 Å². The summed E-state index contributed by atoms with van der Waals surface area (Å²) in [5.74, 6) is -0.136. The second-order valence-corrected chi connectivity index (χ2v) is 6.41. The minimum atomic E-state index is -0.192. The summed E-state index contributed by atoms with van der Waals surface area (Å²) in [4.78, 5) is 31.2. The van der Waals surface area contributed by atoms with Crippen LogP contribution < -0.4 is 5.32 Å². The molecule has 2 aromatic carbocycles. The Morgan fingerprint density at radius 2 is 1.69 bits per heavy atom. The van der Waals surface area contributed by atoms with Crippen molar-refractivity contribution in [3.05, 3.63) is 71.9 Å². The van der Waals surface area contributed by atoms with E-state index >= 15 is 0 Å². The lowest BCUT2D eigenvalue weighted by molar-refractivity contribution is 0.0792. The Hall–Kier alpha value is -3.21. The number of nitrogens with one attached hydrogen (secondary N) is 1. The molecule has 0 radical (unpaired) electrons. The minimum absolute atomic E-state index is 0.0560. The first kappa shape index (κ1) is 16.3. The van der Waals surface area contributed by atoms with Gasteiger partial charge in [-0.15, -0.1) is 0 Å². The van der Waals surface area contributed by atoms with Crippen LogP contribution >= 0.6 is 0 Å². The summed E-state index contributed by atoms with van der Waals surface area (Å²) in [6, 6.07) is 16.3. The van der Waals surface area contributed by atoms with E-state index in [2.05, 4.69) is 10.3 Å². The molecule has 4 rings (SSSR count). The van der Waals surface area contributed by atoms with Crippen LogP contribution in [0.3, 0.4) is 0 Å². The monoisotopic (exact) mass is 345 g/mol. The molecular formula is C21H19N3O2. The third-order valence-electron chi connectivity index (χ3n) is 4.67. The molecule has 1 aliphatic heterocycles. The fraction of sp³-hybridized carbons (Fsp3) is 0.190. The lowest BCUT2D eigenvalue weighted by Crippen LogP contribution is -2.27. The van der Waals surface area contributed by atoms with Crippen molar-refractivity contribution >= 4 is 28.4 Å².